The smallest absolute Gasteiger partial charge is 0.247 e. The number of nitrogens with one attached hydrogen (secondary N) is 1. The maximum atomic E-state index is 9.26. The maximum absolute atomic E-state index is 9.26. The van der Waals surface area contributed by atoms with Crippen molar-refractivity contribution >= 4 is 12.4 Å². The molecule has 104 valence electrons. The van der Waals surface area contributed by atoms with Crippen molar-refractivity contribution in [1.82, 2.24) is 20.4 Å². The molecule has 0 aromatic carbocycles. The summed E-state index contributed by atoms with van der Waals surface area (Å²) in [5, 5.41) is 16.7. The molecule has 1 saturated carbocycles. The topological polar surface area (TPSA) is 78.0 Å². The van der Waals surface area contributed by atoms with Gasteiger partial charge in [0.15, 0.2) is 5.82 Å². The van der Waals surface area contributed by atoms with E-state index in [9.17, 15) is 5.26 Å². The Kier molecular flexibility index (Phi) is 4.09. The van der Waals surface area contributed by atoms with Crippen LogP contribution in [0.1, 0.15) is 37.0 Å². The number of piperazine rings is 1. The Hall–Kier alpha value is -1.16. The normalized spacial score (nSPS) is 26.0. The molecule has 1 aromatic rings. The second kappa shape index (κ2) is 5.45. The van der Waals surface area contributed by atoms with Gasteiger partial charge in [-0.05, 0) is 26.3 Å². The van der Waals surface area contributed by atoms with Crippen LogP contribution in [-0.2, 0) is 5.41 Å². The van der Waals surface area contributed by atoms with Crippen molar-refractivity contribution in [3.05, 3.63) is 11.7 Å². The van der Waals surface area contributed by atoms with Crippen LogP contribution in [0.15, 0.2) is 4.52 Å². The Labute approximate surface area is 118 Å². The third-order valence-corrected chi connectivity index (χ3v) is 4.08. The molecular formula is C12H18ClN5O. The number of hydrogen-bond acceptors (Lipinski definition) is 6. The summed E-state index contributed by atoms with van der Waals surface area (Å²) < 4.78 is 5.33. The molecule has 0 spiro atoms. The first-order chi connectivity index (χ1) is 8.75. The van der Waals surface area contributed by atoms with Crippen LogP contribution in [0.5, 0.6) is 0 Å². The molecule has 2 fully saturated rings. The molecule has 7 heteroatoms. The molecule has 1 N–H and O–H groups in total. The van der Waals surface area contributed by atoms with Gasteiger partial charge in [0.25, 0.3) is 0 Å². The van der Waals surface area contributed by atoms with Gasteiger partial charge >= 0.3 is 0 Å². The minimum Gasteiger partial charge on any atom is -0.338 e. The van der Waals surface area contributed by atoms with Crippen LogP contribution in [0, 0.1) is 11.3 Å². The summed E-state index contributed by atoms with van der Waals surface area (Å²) in [5.41, 5.74) is -0.508. The Morgan fingerprint density at radius 3 is 2.89 bits per heavy atom. The highest BCUT2D eigenvalue weighted by atomic mass is 35.5. The van der Waals surface area contributed by atoms with Gasteiger partial charge in [-0.3, -0.25) is 4.90 Å². The number of aromatic nitrogens is 2. The van der Waals surface area contributed by atoms with Crippen molar-refractivity contribution in [3.8, 4) is 6.07 Å². The fourth-order valence-electron chi connectivity index (χ4n) is 2.56. The lowest BCUT2D eigenvalue weighted by Gasteiger charge is -2.31. The molecule has 1 unspecified atom stereocenters. The molecule has 1 saturated heterocycles. The Morgan fingerprint density at radius 1 is 1.53 bits per heavy atom. The van der Waals surface area contributed by atoms with Gasteiger partial charge in [-0.15, -0.1) is 12.4 Å². The van der Waals surface area contributed by atoms with Crippen LogP contribution in [0.25, 0.3) is 0 Å². The first-order valence-electron chi connectivity index (χ1n) is 6.41. The summed E-state index contributed by atoms with van der Waals surface area (Å²) in [6.07, 6.45) is 2.74. The molecule has 3 rings (SSSR count). The zero-order valence-corrected chi connectivity index (χ0v) is 11.7. The van der Waals surface area contributed by atoms with Crippen LogP contribution < -0.4 is 5.32 Å². The summed E-state index contributed by atoms with van der Waals surface area (Å²) in [6.45, 7) is 2.78. The molecule has 1 aliphatic carbocycles. The first-order valence-corrected chi connectivity index (χ1v) is 6.41. The molecule has 0 bridgehead atoms. The lowest BCUT2D eigenvalue weighted by atomic mass is 9.70. The number of likely N-dealkylation sites (N-methyl/N-ethyl adjacent to an activating group) is 1. The SMILES string of the molecule is CN1CCNCC1c1noc(C2(C#N)CCC2)n1.Cl. The monoisotopic (exact) mass is 283 g/mol. The van der Waals surface area contributed by atoms with Crippen LogP contribution in [0.2, 0.25) is 0 Å². The summed E-state index contributed by atoms with van der Waals surface area (Å²) in [7, 11) is 2.06. The molecule has 1 atom stereocenters. The minimum absolute atomic E-state index is 0. The zero-order valence-electron chi connectivity index (χ0n) is 10.9. The predicted molar refractivity (Wildman–Crippen MR) is 70.9 cm³/mol. The highest BCUT2D eigenvalue weighted by Crippen LogP contribution is 2.42. The fraction of sp³-hybridized carbons (Fsp3) is 0.750. The van der Waals surface area contributed by atoms with E-state index in [4.69, 9.17) is 4.52 Å². The minimum atomic E-state index is -0.508. The van der Waals surface area contributed by atoms with Gasteiger partial charge in [-0.2, -0.15) is 10.2 Å². The van der Waals surface area contributed by atoms with Gasteiger partial charge in [-0.1, -0.05) is 5.16 Å². The number of nitriles is 1. The lowest BCUT2D eigenvalue weighted by Crippen LogP contribution is -2.44. The van der Waals surface area contributed by atoms with E-state index in [1.54, 1.807) is 0 Å². The van der Waals surface area contributed by atoms with Gasteiger partial charge < -0.3 is 9.84 Å². The molecule has 0 radical (unpaired) electrons. The second-order valence-corrected chi connectivity index (χ2v) is 5.21. The van der Waals surface area contributed by atoms with Crippen molar-refractivity contribution in [3.63, 3.8) is 0 Å². The summed E-state index contributed by atoms with van der Waals surface area (Å²) in [5.74, 6) is 1.20. The molecular weight excluding hydrogens is 266 g/mol. The van der Waals surface area contributed by atoms with Crippen LogP contribution in [0.3, 0.4) is 0 Å². The van der Waals surface area contributed by atoms with E-state index in [-0.39, 0.29) is 18.4 Å². The fourth-order valence-corrected chi connectivity index (χ4v) is 2.56. The van der Waals surface area contributed by atoms with E-state index in [2.05, 4.69) is 33.5 Å². The van der Waals surface area contributed by atoms with Gasteiger partial charge in [0.2, 0.25) is 5.89 Å². The van der Waals surface area contributed by atoms with Gasteiger partial charge in [0, 0.05) is 19.6 Å². The summed E-state index contributed by atoms with van der Waals surface area (Å²) in [6, 6.07) is 2.48. The Bertz CT molecular complexity index is 479. The summed E-state index contributed by atoms with van der Waals surface area (Å²) >= 11 is 0. The second-order valence-electron chi connectivity index (χ2n) is 5.21. The van der Waals surface area contributed by atoms with Crippen LogP contribution >= 0.6 is 12.4 Å². The quantitative estimate of drug-likeness (QED) is 0.873. The molecule has 1 aromatic heterocycles. The number of rotatable bonds is 2. The predicted octanol–water partition coefficient (Wildman–Crippen LogP) is 1.01. The van der Waals surface area contributed by atoms with Crippen molar-refractivity contribution in [1.29, 1.82) is 5.26 Å². The van der Waals surface area contributed by atoms with Crippen LogP contribution in [0.4, 0.5) is 0 Å². The van der Waals surface area contributed by atoms with Gasteiger partial charge in [-0.25, -0.2) is 0 Å². The number of nitrogens with zero attached hydrogens (tertiary/aromatic N) is 4. The molecule has 0 amide bonds. The molecule has 6 nitrogen and oxygen atoms in total. The van der Waals surface area contributed by atoms with Crippen molar-refractivity contribution in [2.75, 3.05) is 26.7 Å². The summed E-state index contributed by atoms with van der Waals surface area (Å²) in [4.78, 5) is 6.68. The lowest BCUT2D eigenvalue weighted by molar-refractivity contribution is 0.189. The molecule has 1 aliphatic heterocycles. The Morgan fingerprint density at radius 2 is 2.32 bits per heavy atom. The third kappa shape index (κ3) is 2.34. The Balaban J connectivity index is 0.00000133. The van der Waals surface area contributed by atoms with Gasteiger partial charge in [0.05, 0.1) is 12.1 Å². The third-order valence-electron chi connectivity index (χ3n) is 4.08. The van der Waals surface area contributed by atoms with E-state index in [1.807, 2.05) is 0 Å². The van der Waals surface area contributed by atoms with E-state index in [0.717, 1.165) is 38.9 Å². The number of halogens is 1. The van der Waals surface area contributed by atoms with Crippen molar-refractivity contribution in [2.45, 2.75) is 30.7 Å². The molecule has 2 heterocycles. The molecule has 19 heavy (non-hydrogen) atoms. The van der Waals surface area contributed by atoms with Crippen molar-refractivity contribution < 1.29 is 4.52 Å². The van der Waals surface area contributed by atoms with E-state index < -0.39 is 5.41 Å². The van der Waals surface area contributed by atoms with E-state index >= 15 is 0 Å². The zero-order chi connectivity index (χ0) is 12.6. The highest BCUT2D eigenvalue weighted by molar-refractivity contribution is 5.85. The largest absolute Gasteiger partial charge is 0.338 e. The highest BCUT2D eigenvalue weighted by Gasteiger charge is 2.44. The molecule has 2 aliphatic rings. The standard InChI is InChI=1S/C12H17N5O.ClH/c1-17-6-5-14-7-9(17)10-15-11(18-16-10)12(8-13)3-2-4-12;/h9,14H,2-7H2,1H3;1H. The first kappa shape index (κ1) is 14.3. The average molecular weight is 284 g/mol. The average Bonchev–Trinajstić information content (AvgIpc) is 2.79. The number of hydrogen-bond donors (Lipinski definition) is 1. The van der Waals surface area contributed by atoms with Gasteiger partial charge in [0.1, 0.15) is 5.41 Å². The van der Waals surface area contributed by atoms with E-state index in [0.29, 0.717) is 11.7 Å². The van der Waals surface area contributed by atoms with Crippen molar-refractivity contribution in [2.24, 2.45) is 0 Å². The van der Waals surface area contributed by atoms with E-state index in [1.165, 1.54) is 0 Å². The van der Waals surface area contributed by atoms with Crippen LogP contribution in [-0.4, -0.2) is 41.7 Å². The maximum Gasteiger partial charge on any atom is 0.247 e.